The Morgan fingerprint density at radius 2 is 1.70 bits per heavy atom. The monoisotopic (exact) mass is 308 g/mol. The largest absolute Gasteiger partial charge is 0.327 e. The average molecular weight is 308 g/mol. The zero-order valence-corrected chi connectivity index (χ0v) is 13.6. The van der Waals surface area contributed by atoms with Gasteiger partial charge in [-0.3, -0.25) is 4.79 Å². The van der Waals surface area contributed by atoms with Crippen molar-refractivity contribution in [3.05, 3.63) is 75.8 Å². The van der Waals surface area contributed by atoms with Gasteiger partial charge in [-0.1, -0.05) is 43.3 Å². The highest BCUT2D eigenvalue weighted by molar-refractivity contribution is 5.77. The van der Waals surface area contributed by atoms with E-state index in [2.05, 4.69) is 48.2 Å². The molecule has 1 atom stereocenters. The van der Waals surface area contributed by atoms with Crippen molar-refractivity contribution in [2.75, 3.05) is 7.05 Å². The molecule has 23 heavy (non-hydrogen) atoms. The molecule has 0 radical (unpaired) electrons. The van der Waals surface area contributed by atoms with Gasteiger partial charge in [0.15, 0.2) is 5.82 Å². The van der Waals surface area contributed by atoms with E-state index in [1.54, 1.807) is 6.07 Å². The number of quaternary nitrogens is 1. The van der Waals surface area contributed by atoms with Crippen LogP contribution >= 0.6 is 0 Å². The van der Waals surface area contributed by atoms with Crippen LogP contribution < -0.4 is 10.5 Å². The van der Waals surface area contributed by atoms with E-state index in [4.69, 9.17) is 0 Å². The molecule has 1 unspecified atom stereocenters. The van der Waals surface area contributed by atoms with Crippen molar-refractivity contribution in [1.82, 2.24) is 9.97 Å². The van der Waals surface area contributed by atoms with E-state index < -0.39 is 0 Å². The fraction of sp³-hybridized carbons (Fsp3) is 0.263. The third kappa shape index (κ3) is 3.66. The molecule has 2 N–H and O–H groups in total. The fourth-order valence-electron chi connectivity index (χ4n) is 2.81. The van der Waals surface area contributed by atoms with Gasteiger partial charge in [0.1, 0.15) is 13.1 Å². The van der Waals surface area contributed by atoms with Crippen molar-refractivity contribution in [3.8, 4) is 0 Å². The first-order valence-corrected chi connectivity index (χ1v) is 8.02. The summed E-state index contributed by atoms with van der Waals surface area (Å²) < 4.78 is 0. The molecule has 3 rings (SSSR count). The Hall–Kier alpha value is -2.46. The summed E-state index contributed by atoms with van der Waals surface area (Å²) in [4.78, 5) is 20.9. The molecule has 0 saturated heterocycles. The van der Waals surface area contributed by atoms with Gasteiger partial charge < -0.3 is 9.88 Å². The Morgan fingerprint density at radius 1 is 1.00 bits per heavy atom. The van der Waals surface area contributed by atoms with Crippen LogP contribution in [0.2, 0.25) is 0 Å². The van der Waals surface area contributed by atoms with Crippen LogP contribution in [0.15, 0.2) is 53.3 Å². The quantitative estimate of drug-likeness (QED) is 0.754. The second-order valence-corrected chi connectivity index (χ2v) is 6.01. The summed E-state index contributed by atoms with van der Waals surface area (Å²) in [6, 6.07) is 16.2. The van der Waals surface area contributed by atoms with Crippen molar-refractivity contribution in [3.63, 3.8) is 0 Å². The van der Waals surface area contributed by atoms with Gasteiger partial charge in [0.2, 0.25) is 0 Å². The Labute approximate surface area is 135 Å². The lowest BCUT2D eigenvalue weighted by Crippen LogP contribution is -3.06. The number of hydrogen-bond donors (Lipinski definition) is 2. The first-order valence-electron chi connectivity index (χ1n) is 8.02. The lowest BCUT2D eigenvalue weighted by Gasteiger charge is -2.14. The molecule has 0 aliphatic rings. The summed E-state index contributed by atoms with van der Waals surface area (Å²) in [6.07, 6.45) is 1.06. The molecule has 118 valence electrons. The predicted octanol–water partition coefficient (Wildman–Crippen LogP) is 1.70. The van der Waals surface area contributed by atoms with Gasteiger partial charge >= 0.3 is 0 Å². The van der Waals surface area contributed by atoms with Gasteiger partial charge in [0.05, 0.1) is 18.0 Å². The standard InChI is InChI=1S/C19H21N3O/c1-3-14-8-10-15(11-9-14)12-22(2)13-18-20-17-7-5-4-6-16(17)19(23)21-18/h4-11H,3,12-13H2,1-2H3,(H,20,21,23)/p+1. The minimum atomic E-state index is -0.0642. The number of aromatic nitrogens is 2. The summed E-state index contributed by atoms with van der Waals surface area (Å²) in [7, 11) is 2.11. The molecule has 0 amide bonds. The van der Waals surface area contributed by atoms with Crippen LogP contribution in [0.4, 0.5) is 0 Å². The Morgan fingerprint density at radius 3 is 2.43 bits per heavy atom. The van der Waals surface area contributed by atoms with Crippen LogP contribution in [-0.4, -0.2) is 17.0 Å². The highest BCUT2D eigenvalue weighted by Gasteiger charge is 2.09. The topological polar surface area (TPSA) is 50.2 Å². The Kier molecular flexibility index (Phi) is 4.53. The number of rotatable bonds is 5. The summed E-state index contributed by atoms with van der Waals surface area (Å²) in [5.41, 5.74) is 3.34. The van der Waals surface area contributed by atoms with Crippen molar-refractivity contribution in [2.24, 2.45) is 0 Å². The molecule has 4 heteroatoms. The Bertz CT molecular complexity index is 852. The smallest absolute Gasteiger partial charge is 0.258 e. The summed E-state index contributed by atoms with van der Waals surface area (Å²) in [5.74, 6) is 0.733. The van der Waals surface area contributed by atoms with E-state index in [0.29, 0.717) is 11.9 Å². The van der Waals surface area contributed by atoms with Crippen LogP contribution in [0.5, 0.6) is 0 Å². The van der Waals surface area contributed by atoms with Gasteiger partial charge in [-0.2, -0.15) is 0 Å². The Balaban J connectivity index is 1.74. The minimum Gasteiger partial charge on any atom is -0.327 e. The molecule has 2 aromatic carbocycles. The number of nitrogens with zero attached hydrogens (tertiary/aromatic N) is 1. The number of H-pyrrole nitrogens is 1. The summed E-state index contributed by atoms with van der Waals surface area (Å²) in [6.45, 7) is 3.75. The number of para-hydroxylation sites is 1. The van der Waals surface area contributed by atoms with E-state index in [9.17, 15) is 4.79 Å². The summed E-state index contributed by atoms with van der Waals surface area (Å²) >= 11 is 0. The normalized spacial score (nSPS) is 12.4. The van der Waals surface area contributed by atoms with Gasteiger partial charge in [0.25, 0.3) is 5.56 Å². The number of fused-ring (bicyclic) bond motifs is 1. The van der Waals surface area contributed by atoms with Crippen LogP contribution in [0.25, 0.3) is 10.9 Å². The number of aryl methyl sites for hydroxylation is 1. The molecule has 4 nitrogen and oxygen atoms in total. The van der Waals surface area contributed by atoms with Gasteiger partial charge in [-0.25, -0.2) is 4.98 Å². The SMILES string of the molecule is CCc1ccc(C[NH+](C)Cc2nc3ccccc3c(=O)[nH]2)cc1. The van der Waals surface area contributed by atoms with Gasteiger partial charge in [0, 0.05) is 5.56 Å². The highest BCUT2D eigenvalue weighted by Crippen LogP contribution is 2.06. The maximum absolute atomic E-state index is 12.1. The number of nitrogens with one attached hydrogen (secondary N) is 2. The predicted molar refractivity (Wildman–Crippen MR) is 92.5 cm³/mol. The molecule has 1 aromatic heterocycles. The zero-order valence-electron chi connectivity index (χ0n) is 13.6. The maximum atomic E-state index is 12.1. The molecule has 3 aromatic rings. The van der Waals surface area contributed by atoms with Crippen LogP contribution in [-0.2, 0) is 19.5 Å². The van der Waals surface area contributed by atoms with Crippen LogP contribution in [0.1, 0.15) is 23.9 Å². The third-order valence-corrected chi connectivity index (χ3v) is 4.07. The van der Waals surface area contributed by atoms with Gasteiger partial charge in [-0.15, -0.1) is 0 Å². The van der Waals surface area contributed by atoms with E-state index in [0.717, 1.165) is 24.3 Å². The van der Waals surface area contributed by atoms with E-state index in [1.807, 2.05) is 18.2 Å². The van der Waals surface area contributed by atoms with E-state index in [1.165, 1.54) is 16.0 Å². The molecule has 0 aliphatic carbocycles. The molecule has 0 fully saturated rings. The fourth-order valence-corrected chi connectivity index (χ4v) is 2.81. The molecular formula is C19H22N3O+. The summed E-state index contributed by atoms with van der Waals surface area (Å²) in [5, 5.41) is 0.643. The number of aromatic amines is 1. The third-order valence-electron chi connectivity index (χ3n) is 4.07. The van der Waals surface area contributed by atoms with Gasteiger partial charge in [-0.05, 0) is 24.1 Å². The first kappa shape index (κ1) is 15.4. The number of benzene rings is 2. The zero-order chi connectivity index (χ0) is 16.2. The minimum absolute atomic E-state index is 0.0642. The molecular weight excluding hydrogens is 286 g/mol. The molecule has 1 heterocycles. The molecule has 0 bridgehead atoms. The lowest BCUT2D eigenvalue weighted by atomic mass is 10.1. The number of hydrogen-bond acceptors (Lipinski definition) is 2. The molecule has 0 spiro atoms. The lowest BCUT2D eigenvalue weighted by molar-refractivity contribution is -0.908. The molecule has 0 aliphatic heterocycles. The second-order valence-electron chi connectivity index (χ2n) is 6.01. The highest BCUT2D eigenvalue weighted by atomic mass is 16.1. The molecule has 0 saturated carbocycles. The van der Waals surface area contributed by atoms with Crippen molar-refractivity contribution in [1.29, 1.82) is 0 Å². The van der Waals surface area contributed by atoms with E-state index >= 15 is 0 Å². The first-order chi connectivity index (χ1) is 11.2. The maximum Gasteiger partial charge on any atom is 0.258 e. The second kappa shape index (κ2) is 6.75. The van der Waals surface area contributed by atoms with E-state index in [-0.39, 0.29) is 5.56 Å². The average Bonchev–Trinajstić information content (AvgIpc) is 2.55. The van der Waals surface area contributed by atoms with Crippen molar-refractivity contribution < 1.29 is 4.90 Å². The van der Waals surface area contributed by atoms with Crippen molar-refractivity contribution in [2.45, 2.75) is 26.4 Å². The van der Waals surface area contributed by atoms with Crippen molar-refractivity contribution >= 4 is 10.9 Å². The van der Waals surface area contributed by atoms with Crippen LogP contribution in [0, 0.1) is 0 Å². The van der Waals surface area contributed by atoms with Crippen LogP contribution in [0.3, 0.4) is 0 Å².